The van der Waals surface area contributed by atoms with Gasteiger partial charge in [-0.15, -0.1) is 0 Å². The molecular weight excluding hydrogens is 474 g/mol. The van der Waals surface area contributed by atoms with Gasteiger partial charge in [0.15, 0.2) is 0 Å². The molecule has 2 atom stereocenters. The third kappa shape index (κ3) is 5.36. The second-order valence-corrected chi connectivity index (χ2v) is 10.2. The fraction of sp³-hybridized carbons (Fsp3) is 0.312. The van der Waals surface area contributed by atoms with Crippen LogP contribution in [0.25, 0.3) is 11.3 Å². The predicted octanol–water partition coefficient (Wildman–Crippen LogP) is 6.56. The monoisotopic (exact) mass is 509 g/mol. The van der Waals surface area contributed by atoms with Gasteiger partial charge in [0.25, 0.3) is 5.91 Å². The molecule has 0 aliphatic carbocycles. The highest BCUT2D eigenvalue weighted by Crippen LogP contribution is 2.38. The van der Waals surface area contributed by atoms with E-state index in [4.69, 9.17) is 4.74 Å². The smallest absolute Gasteiger partial charge is 0.338 e. The lowest BCUT2D eigenvalue weighted by Gasteiger charge is -2.39. The number of anilines is 2. The van der Waals surface area contributed by atoms with Crippen molar-refractivity contribution in [3.63, 3.8) is 0 Å². The van der Waals surface area contributed by atoms with E-state index in [2.05, 4.69) is 53.6 Å². The zero-order chi connectivity index (χ0) is 26.6. The molecule has 0 aromatic heterocycles. The summed E-state index contributed by atoms with van der Waals surface area (Å²) in [6.45, 7) is 7.65. The maximum atomic E-state index is 13.2. The van der Waals surface area contributed by atoms with Gasteiger partial charge in [0.2, 0.25) is 0 Å². The SMILES string of the molecule is CCOC(=O)c1ccc2c(c1)NC(=O)C2=C(Nc1ccc(CN2C(C)CCCC2C)cc1)c1ccccc1. The zero-order valence-electron chi connectivity index (χ0n) is 22.3. The summed E-state index contributed by atoms with van der Waals surface area (Å²) in [5.41, 5.74) is 6.11. The molecule has 1 fully saturated rings. The topological polar surface area (TPSA) is 70.7 Å². The van der Waals surface area contributed by atoms with E-state index in [1.807, 2.05) is 36.4 Å². The molecule has 2 heterocycles. The fourth-order valence-corrected chi connectivity index (χ4v) is 5.48. The number of fused-ring (bicyclic) bond motifs is 1. The van der Waals surface area contributed by atoms with Crippen molar-refractivity contribution < 1.29 is 14.3 Å². The molecule has 0 bridgehead atoms. The number of nitrogens with zero attached hydrogens (tertiary/aromatic N) is 1. The van der Waals surface area contributed by atoms with Crippen molar-refractivity contribution in [2.24, 2.45) is 0 Å². The van der Waals surface area contributed by atoms with Crippen LogP contribution in [-0.2, 0) is 16.1 Å². The van der Waals surface area contributed by atoms with Gasteiger partial charge in [-0.1, -0.05) is 55.0 Å². The van der Waals surface area contributed by atoms with Gasteiger partial charge in [-0.05, 0) is 69.0 Å². The Morgan fingerprint density at radius 2 is 1.68 bits per heavy atom. The van der Waals surface area contributed by atoms with Crippen LogP contribution in [0.2, 0.25) is 0 Å². The van der Waals surface area contributed by atoms with Crippen molar-refractivity contribution in [2.45, 2.75) is 58.7 Å². The zero-order valence-corrected chi connectivity index (χ0v) is 22.3. The Kier molecular flexibility index (Phi) is 7.61. The van der Waals surface area contributed by atoms with E-state index in [9.17, 15) is 9.59 Å². The number of hydrogen-bond donors (Lipinski definition) is 2. The lowest BCUT2D eigenvalue weighted by molar-refractivity contribution is -0.110. The van der Waals surface area contributed by atoms with Gasteiger partial charge in [-0.25, -0.2) is 4.79 Å². The van der Waals surface area contributed by atoms with Crippen LogP contribution in [0.3, 0.4) is 0 Å². The Morgan fingerprint density at radius 3 is 2.37 bits per heavy atom. The summed E-state index contributed by atoms with van der Waals surface area (Å²) in [6.07, 6.45) is 3.81. The van der Waals surface area contributed by atoms with Gasteiger partial charge in [-0.3, -0.25) is 9.69 Å². The average molecular weight is 510 g/mol. The van der Waals surface area contributed by atoms with E-state index in [1.54, 1.807) is 19.1 Å². The van der Waals surface area contributed by atoms with E-state index in [1.165, 1.54) is 24.8 Å². The standard InChI is InChI=1S/C32H35N3O3/c1-4-38-32(37)25-15-18-27-28(19-25)34-31(36)29(27)30(24-11-6-5-7-12-24)33-26-16-13-23(14-17-26)20-35-21(2)9-8-10-22(35)3/h5-7,11-19,21-22,33H,4,8-10,20H2,1-3H3,(H,34,36). The molecule has 1 saturated heterocycles. The van der Waals surface area contributed by atoms with Gasteiger partial charge in [0.1, 0.15) is 0 Å². The van der Waals surface area contributed by atoms with E-state index >= 15 is 0 Å². The molecule has 196 valence electrons. The van der Waals surface area contributed by atoms with Gasteiger partial charge in [-0.2, -0.15) is 0 Å². The van der Waals surface area contributed by atoms with Crippen molar-refractivity contribution in [2.75, 3.05) is 17.2 Å². The maximum Gasteiger partial charge on any atom is 0.338 e. The minimum absolute atomic E-state index is 0.211. The lowest BCUT2D eigenvalue weighted by atomic mass is 9.96. The third-order valence-corrected chi connectivity index (χ3v) is 7.55. The molecule has 1 amide bonds. The summed E-state index contributed by atoms with van der Waals surface area (Å²) < 4.78 is 5.13. The molecule has 6 heteroatoms. The van der Waals surface area contributed by atoms with Gasteiger partial charge in [0, 0.05) is 29.9 Å². The highest BCUT2D eigenvalue weighted by atomic mass is 16.5. The minimum Gasteiger partial charge on any atom is -0.462 e. The number of amides is 1. The second kappa shape index (κ2) is 11.2. The Hall–Kier alpha value is -3.90. The molecule has 6 nitrogen and oxygen atoms in total. The van der Waals surface area contributed by atoms with Crippen LogP contribution in [-0.4, -0.2) is 35.5 Å². The number of piperidine rings is 1. The van der Waals surface area contributed by atoms with Crippen LogP contribution in [0.4, 0.5) is 11.4 Å². The maximum absolute atomic E-state index is 13.2. The Bertz CT molecular complexity index is 1340. The number of ether oxygens (including phenoxy) is 1. The fourth-order valence-electron chi connectivity index (χ4n) is 5.48. The van der Waals surface area contributed by atoms with Crippen LogP contribution < -0.4 is 10.6 Å². The predicted molar refractivity (Wildman–Crippen MR) is 153 cm³/mol. The van der Waals surface area contributed by atoms with E-state index < -0.39 is 5.97 Å². The van der Waals surface area contributed by atoms with Crippen LogP contribution in [0.5, 0.6) is 0 Å². The molecule has 3 aromatic carbocycles. The summed E-state index contributed by atoms with van der Waals surface area (Å²) in [7, 11) is 0. The van der Waals surface area contributed by atoms with E-state index in [0.717, 1.165) is 29.1 Å². The van der Waals surface area contributed by atoms with Crippen molar-refractivity contribution in [3.8, 4) is 0 Å². The van der Waals surface area contributed by atoms with Crippen LogP contribution in [0, 0.1) is 0 Å². The Balaban J connectivity index is 1.46. The van der Waals surface area contributed by atoms with Crippen LogP contribution in [0.1, 0.15) is 67.1 Å². The number of hydrogen-bond acceptors (Lipinski definition) is 5. The normalized spacial score (nSPS) is 20.4. The highest BCUT2D eigenvalue weighted by molar-refractivity contribution is 6.37. The molecule has 2 aliphatic rings. The average Bonchev–Trinajstić information content (AvgIpc) is 3.25. The number of likely N-dealkylation sites (tertiary alicyclic amines) is 1. The minimum atomic E-state index is -0.406. The first-order chi connectivity index (χ1) is 18.4. The van der Waals surface area contributed by atoms with Crippen molar-refractivity contribution >= 4 is 34.5 Å². The van der Waals surface area contributed by atoms with Crippen molar-refractivity contribution in [1.29, 1.82) is 0 Å². The van der Waals surface area contributed by atoms with E-state index in [0.29, 0.717) is 35.5 Å². The quantitative estimate of drug-likeness (QED) is 0.279. The van der Waals surface area contributed by atoms with E-state index in [-0.39, 0.29) is 5.91 Å². The second-order valence-electron chi connectivity index (χ2n) is 10.2. The first-order valence-electron chi connectivity index (χ1n) is 13.5. The number of benzene rings is 3. The molecule has 0 radical (unpaired) electrons. The molecule has 2 aliphatic heterocycles. The lowest BCUT2D eigenvalue weighted by Crippen LogP contribution is -2.42. The number of rotatable bonds is 7. The van der Waals surface area contributed by atoms with Crippen LogP contribution in [0.15, 0.2) is 72.8 Å². The molecule has 0 spiro atoms. The highest BCUT2D eigenvalue weighted by Gasteiger charge is 2.29. The summed E-state index contributed by atoms with van der Waals surface area (Å²) in [4.78, 5) is 28.1. The first kappa shape index (κ1) is 25.7. The molecule has 0 saturated carbocycles. The summed E-state index contributed by atoms with van der Waals surface area (Å²) in [5, 5.41) is 6.46. The van der Waals surface area contributed by atoms with Gasteiger partial charge < -0.3 is 15.4 Å². The van der Waals surface area contributed by atoms with Crippen molar-refractivity contribution in [1.82, 2.24) is 4.90 Å². The molecule has 2 N–H and O–H groups in total. The number of esters is 1. The molecular formula is C32H35N3O3. The molecule has 2 unspecified atom stereocenters. The number of carbonyl (C=O) groups is 2. The largest absolute Gasteiger partial charge is 0.462 e. The number of carbonyl (C=O) groups excluding carboxylic acids is 2. The van der Waals surface area contributed by atoms with Gasteiger partial charge >= 0.3 is 5.97 Å². The summed E-state index contributed by atoms with van der Waals surface area (Å²) in [6, 6.07) is 24.7. The third-order valence-electron chi connectivity index (χ3n) is 7.55. The Morgan fingerprint density at radius 1 is 0.974 bits per heavy atom. The first-order valence-corrected chi connectivity index (χ1v) is 13.5. The summed E-state index contributed by atoms with van der Waals surface area (Å²) in [5.74, 6) is -0.617. The summed E-state index contributed by atoms with van der Waals surface area (Å²) >= 11 is 0. The molecule has 38 heavy (non-hydrogen) atoms. The van der Waals surface area contributed by atoms with Gasteiger partial charge in [0.05, 0.1) is 29.1 Å². The van der Waals surface area contributed by atoms with Crippen molar-refractivity contribution in [3.05, 3.63) is 95.1 Å². The molecule has 5 rings (SSSR count). The molecule has 3 aromatic rings. The Labute approximate surface area is 224 Å². The number of nitrogens with one attached hydrogen (secondary N) is 2. The van der Waals surface area contributed by atoms with Crippen LogP contribution >= 0.6 is 0 Å².